The van der Waals surface area contributed by atoms with E-state index < -0.39 is 5.82 Å². The lowest BCUT2D eigenvalue weighted by atomic mass is 10.1. The fourth-order valence-corrected chi connectivity index (χ4v) is 3.51. The molecule has 0 amide bonds. The predicted octanol–water partition coefficient (Wildman–Crippen LogP) is 2.06. The van der Waals surface area contributed by atoms with Crippen molar-refractivity contribution in [2.75, 3.05) is 38.8 Å². The van der Waals surface area contributed by atoms with Gasteiger partial charge < -0.3 is 24.7 Å². The van der Waals surface area contributed by atoms with E-state index in [0.29, 0.717) is 35.6 Å². The molecule has 2 N–H and O–H groups in total. The summed E-state index contributed by atoms with van der Waals surface area (Å²) in [6, 6.07) is 11.1. The first-order chi connectivity index (χ1) is 15.0. The first kappa shape index (κ1) is 20.5. The summed E-state index contributed by atoms with van der Waals surface area (Å²) < 4.78 is 24.8. The van der Waals surface area contributed by atoms with E-state index in [2.05, 4.69) is 15.3 Å². The average Bonchev–Trinajstić information content (AvgIpc) is 3.09. The third-order valence-electron chi connectivity index (χ3n) is 4.98. The Morgan fingerprint density at radius 3 is 2.74 bits per heavy atom. The molecule has 0 saturated heterocycles. The number of hydrogen-bond donors (Lipinski definition) is 2. The molecule has 31 heavy (non-hydrogen) atoms. The number of Topliss-reactive ketones (excluding diaryl/α,β-unsaturated/α-hetero) is 1. The van der Waals surface area contributed by atoms with Crippen molar-refractivity contribution in [3.8, 4) is 5.75 Å². The van der Waals surface area contributed by atoms with E-state index in [1.54, 1.807) is 48.4 Å². The van der Waals surface area contributed by atoms with Crippen LogP contribution >= 0.6 is 0 Å². The van der Waals surface area contributed by atoms with Gasteiger partial charge in [-0.05, 0) is 24.3 Å². The van der Waals surface area contributed by atoms with Crippen LogP contribution in [0, 0.1) is 5.82 Å². The molecule has 3 aromatic rings. The van der Waals surface area contributed by atoms with Gasteiger partial charge in [-0.15, -0.1) is 0 Å². The van der Waals surface area contributed by atoms with E-state index in [9.17, 15) is 14.0 Å². The SMILES string of the molecule is COCCNC1=C(c2nc3cc(OC)ccc3c(=O)[nH]2)C(=O)CN1c1ccccc1F. The van der Waals surface area contributed by atoms with E-state index in [-0.39, 0.29) is 35.0 Å². The number of para-hydroxylation sites is 1. The standard InChI is InChI=1S/C22H21FN4O4/c1-30-10-9-24-21-19(18(28)12-27(21)17-6-4-3-5-15(17)23)20-25-16-11-13(31-2)7-8-14(16)22(29)26-20/h3-8,11,24H,9-10,12H2,1-2H3,(H,25,26,29). The number of halogens is 1. The minimum absolute atomic E-state index is 0.0918. The zero-order chi connectivity index (χ0) is 22.0. The minimum Gasteiger partial charge on any atom is -0.497 e. The highest BCUT2D eigenvalue weighted by atomic mass is 19.1. The van der Waals surface area contributed by atoms with Crippen LogP contribution in [0.5, 0.6) is 5.75 Å². The van der Waals surface area contributed by atoms with Gasteiger partial charge >= 0.3 is 0 Å². The molecule has 0 unspecified atom stereocenters. The number of aromatic nitrogens is 2. The number of benzene rings is 2. The molecule has 0 radical (unpaired) electrons. The number of hydrogen-bond acceptors (Lipinski definition) is 7. The molecule has 0 bridgehead atoms. The van der Waals surface area contributed by atoms with Crippen LogP contribution in [0.15, 0.2) is 53.1 Å². The van der Waals surface area contributed by atoms with Crippen molar-refractivity contribution < 1.29 is 18.7 Å². The Morgan fingerprint density at radius 2 is 2.00 bits per heavy atom. The van der Waals surface area contributed by atoms with E-state index in [1.165, 1.54) is 13.2 Å². The van der Waals surface area contributed by atoms with Crippen LogP contribution in [0.1, 0.15) is 5.82 Å². The smallest absolute Gasteiger partial charge is 0.259 e. The fourth-order valence-electron chi connectivity index (χ4n) is 3.51. The lowest BCUT2D eigenvalue weighted by Crippen LogP contribution is -2.32. The quantitative estimate of drug-likeness (QED) is 0.561. The molecular weight excluding hydrogens is 403 g/mol. The molecule has 1 aliphatic heterocycles. The van der Waals surface area contributed by atoms with Crippen LogP contribution in [-0.4, -0.2) is 49.7 Å². The van der Waals surface area contributed by atoms with Gasteiger partial charge in [-0.3, -0.25) is 9.59 Å². The number of rotatable bonds is 7. The largest absolute Gasteiger partial charge is 0.497 e. The van der Waals surface area contributed by atoms with Gasteiger partial charge in [0.1, 0.15) is 28.8 Å². The van der Waals surface area contributed by atoms with Crippen LogP contribution in [-0.2, 0) is 9.53 Å². The Kier molecular flexibility index (Phi) is 5.68. The summed E-state index contributed by atoms with van der Waals surface area (Å²) in [6.07, 6.45) is 0. The summed E-state index contributed by atoms with van der Waals surface area (Å²) in [5.41, 5.74) is 0.430. The average molecular weight is 424 g/mol. The number of anilines is 1. The summed E-state index contributed by atoms with van der Waals surface area (Å²) in [5.74, 6) is 0.239. The van der Waals surface area contributed by atoms with Crippen LogP contribution in [0.2, 0.25) is 0 Å². The van der Waals surface area contributed by atoms with Gasteiger partial charge in [0.25, 0.3) is 5.56 Å². The highest BCUT2D eigenvalue weighted by Gasteiger charge is 2.34. The highest BCUT2D eigenvalue weighted by molar-refractivity contribution is 6.26. The van der Waals surface area contributed by atoms with Crippen LogP contribution < -0.4 is 20.5 Å². The predicted molar refractivity (Wildman–Crippen MR) is 114 cm³/mol. The summed E-state index contributed by atoms with van der Waals surface area (Å²) in [7, 11) is 3.07. The van der Waals surface area contributed by atoms with Gasteiger partial charge in [-0.25, -0.2) is 9.37 Å². The molecule has 0 spiro atoms. The molecular formula is C22H21FN4O4. The highest BCUT2D eigenvalue weighted by Crippen LogP contribution is 2.32. The number of nitrogens with one attached hydrogen (secondary N) is 2. The van der Waals surface area contributed by atoms with Crippen molar-refractivity contribution >= 4 is 27.9 Å². The summed E-state index contributed by atoms with van der Waals surface area (Å²) in [6.45, 7) is 0.652. The Hall–Kier alpha value is -3.72. The maximum Gasteiger partial charge on any atom is 0.259 e. The number of carbonyl (C=O) groups is 1. The Balaban J connectivity index is 1.88. The third-order valence-corrected chi connectivity index (χ3v) is 4.98. The van der Waals surface area contributed by atoms with Gasteiger partial charge in [0.05, 0.1) is 36.9 Å². The zero-order valence-corrected chi connectivity index (χ0v) is 17.1. The molecule has 9 heteroatoms. The molecule has 2 aromatic carbocycles. The monoisotopic (exact) mass is 424 g/mol. The second-order valence-electron chi connectivity index (χ2n) is 6.90. The summed E-state index contributed by atoms with van der Waals surface area (Å²) in [4.78, 5) is 34.4. The van der Waals surface area contributed by atoms with Crippen molar-refractivity contribution in [3.05, 3.63) is 70.3 Å². The maximum atomic E-state index is 14.5. The number of fused-ring (bicyclic) bond motifs is 1. The topological polar surface area (TPSA) is 96.5 Å². The number of nitrogens with zero attached hydrogens (tertiary/aromatic N) is 2. The molecule has 160 valence electrons. The van der Waals surface area contributed by atoms with Gasteiger partial charge in [0.15, 0.2) is 5.78 Å². The van der Waals surface area contributed by atoms with Crippen LogP contribution in [0.25, 0.3) is 16.5 Å². The van der Waals surface area contributed by atoms with E-state index >= 15 is 0 Å². The number of methoxy groups -OCH3 is 2. The maximum absolute atomic E-state index is 14.5. The molecule has 1 aliphatic rings. The zero-order valence-electron chi connectivity index (χ0n) is 17.1. The van der Waals surface area contributed by atoms with Crippen LogP contribution in [0.3, 0.4) is 0 Å². The van der Waals surface area contributed by atoms with E-state index in [1.807, 2.05) is 0 Å². The molecule has 8 nitrogen and oxygen atoms in total. The van der Waals surface area contributed by atoms with Gasteiger partial charge in [-0.1, -0.05) is 12.1 Å². The number of ether oxygens (including phenoxy) is 2. The molecule has 4 rings (SSSR count). The van der Waals surface area contributed by atoms with Crippen molar-refractivity contribution in [1.82, 2.24) is 15.3 Å². The molecule has 0 aliphatic carbocycles. The van der Waals surface area contributed by atoms with E-state index in [4.69, 9.17) is 9.47 Å². The number of ketones is 1. The van der Waals surface area contributed by atoms with Gasteiger partial charge in [-0.2, -0.15) is 0 Å². The summed E-state index contributed by atoms with van der Waals surface area (Å²) in [5, 5.41) is 3.50. The van der Waals surface area contributed by atoms with Crippen molar-refractivity contribution in [2.45, 2.75) is 0 Å². The number of carbonyl (C=O) groups excluding carboxylic acids is 1. The number of aromatic amines is 1. The lowest BCUT2D eigenvalue weighted by Gasteiger charge is -2.23. The first-order valence-corrected chi connectivity index (χ1v) is 9.64. The Morgan fingerprint density at radius 1 is 1.19 bits per heavy atom. The molecule has 2 heterocycles. The fraction of sp³-hybridized carbons (Fsp3) is 0.227. The minimum atomic E-state index is -0.465. The Bertz CT molecular complexity index is 1240. The molecule has 0 atom stereocenters. The molecule has 0 saturated carbocycles. The van der Waals surface area contributed by atoms with Crippen LogP contribution in [0.4, 0.5) is 10.1 Å². The van der Waals surface area contributed by atoms with Gasteiger partial charge in [0, 0.05) is 19.7 Å². The van der Waals surface area contributed by atoms with Crippen molar-refractivity contribution in [2.24, 2.45) is 0 Å². The first-order valence-electron chi connectivity index (χ1n) is 9.64. The second kappa shape index (κ2) is 8.57. The number of H-pyrrole nitrogens is 1. The molecule has 0 fully saturated rings. The van der Waals surface area contributed by atoms with E-state index in [0.717, 1.165) is 0 Å². The molecule has 1 aromatic heterocycles. The Labute approximate surface area is 177 Å². The second-order valence-corrected chi connectivity index (χ2v) is 6.90. The van der Waals surface area contributed by atoms with Gasteiger partial charge in [0.2, 0.25) is 0 Å². The lowest BCUT2D eigenvalue weighted by molar-refractivity contribution is -0.112. The normalized spacial score (nSPS) is 13.9. The third kappa shape index (κ3) is 3.87. The van der Waals surface area contributed by atoms with Crippen molar-refractivity contribution in [3.63, 3.8) is 0 Å². The van der Waals surface area contributed by atoms with Crippen molar-refractivity contribution in [1.29, 1.82) is 0 Å². The summed E-state index contributed by atoms with van der Waals surface area (Å²) >= 11 is 0.